The van der Waals surface area contributed by atoms with Crippen molar-refractivity contribution in [3.8, 4) is 17.0 Å². The molecule has 1 aliphatic carbocycles. The summed E-state index contributed by atoms with van der Waals surface area (Å²) in [6.07, 6.45) is -4.63. The third-order valence-electron chi connectivity index (χ3n) is 5.11. The number of aromatic nitrogens is 3. The maximum atomic E-state index is 12.8. The summed E-state index contributed by atoms with van der Waals surface area (Å²) in [4.78, 5) is 4.19. The predicted molar refractivity (Wildman–Crippen MR) is 103 cm³/mol. The fourth-order valence-corrected chi connectivity index (χ4v) is 3.81. The van der Waals surface area contributed by atoms with E-state index in [0.717, 1.165) is 6.07 Å². The van der Waals surface area contributed by atoms with Crippen molar-refractivity contribution in [2.75, 3.05) is 5.32 Å². The highest BCUT2D eigenvalue weighted by molar-refractivity contribution is 6.31. The van der Waals surface area contributed by atoms with Crippen LogP contribution in [0.4, 0.5) is 19.0 Å². The van der Waals surface area contributed by atoms with Crippen LogP contribution in [0.15, 0.2) is 36.5 Å². The standard InChI is InChI=1S/C19H18ClF3N4O3/c1-9-6-13(18(29)17(9)28)25-15-4-5-24-16-8-12(26-27(15)16)11-7-10(20)2-3-14(11)30-19(21,22)23/h2-5,7-9,13,17-18,25,28-29H,6H2,1H3/t9-,13-,17-,18+/m1/s1. The largest absolute Gasteiger partial charge is 0.573 e. The van der Waals surface area contributed by atoms with E-state index < -0.39 is 30.4 Å². The maximum Gasteiger partial charge on any atom is 0.573 e. The van der Waals surface area contributed by atoms with E-state index >= 15 is 0 Å². The molecular weight excluding hydrogens is 425 g/mol. The minimum atomic E-state index is -4.87. The van der Waals surface area contributed by atoms with Gasteiger partial charge in [0, 0.05) is 22.8 Å². The Morgan fingerprint density at radius 1 is 1.20 bits per heavy atom. The number of hydrogen-bond acceptors (Lipinski definition) is 6. The molecule has 1 fully saturated rings. The highest BCUT2D eigenvalue weighted by atomic mass is 35.5. The van der Waals surface area contributed by atoms with Gasteiger partial charge in [-0.25, -0.2) is 4.98 Å². The second kappa shape index (κ2) is 7.60. The Morgan fingerprint density at radius 2 is 1.97 bits per heavy atom. The van der Waals surface area contributed by atoms with Crippen LogP contribution in [0.3, 0.4) is 0 Å². The van der Waals surface area contributed by atoms with Gasteiger partial charge in [0.15, 0.2) is 5.65 Å². The first-order valence-corrected chi connectivity index (χ1v) is 9.53. The van der Waals surface area contributed by atoms with Gasteiger partial charge in [-0.05, 0) is 36.6 Å². The molecule has 7 nitrogen and oxygen atoms in total. The smallest absolute Gasteiger partial charge is 0.405 e. The number of alkyl halides is 3. The van der Waals surface area contributed by atoms with Gasteiger partial charge in [-0.2, -0.15) is 9.61 Å². The van der Waals surface area contributed by atoms with Crippen molar-refractivity contribution in [1.82, 2.24) is 14.6 Å². The van der Waals surface area contributed by atoms with Gasteiger partial charge in [-0.3, -0.25) is 0 Å². The van der Waals surface area contributed by atoms with Crippen LogP contribution in [0.2, 0.25) is 5.02 Å². The van der Waals surface area contributed by atoms with E-state index in [1.165, 1.54) is 28.9 Å². The SMILES string of the molecule is C[C@@H]1C[C@@H](Nc2ccnc3cc(-c4cc(Cl)ccc4OC(F)(F)F)nn23)[C@H](O)[C@@H]1O. The van der Waals surface area contributed by atoms with Crippen molar-refractivity contribution < 1.29 is 28.1 Å². The molecular formula is C19H18ClF3N4O3. The number of hydrogen-bond donors (Lipinski definition) is 3. The van der Waals surface area contributed by atoms with Crippen molar-refractivity contribution in [2.24, 2.45) is 5.92 Å². The zero-order valence-corrected chi connectivity index (χ0v) is 16.4. The minimum absolute atomic E-state index is 0.0567. The Balaban J connectivity index is 1.72. The van der Waals surface area contributed by atoms with Crippen molar-refractivity contribution in [1.29, 1.82) is 0 Å². The number of aliphatic hydroxyl groups is 2. The number of halogens is 4. The van der Waals surface area contributed by atoms with Crippen molar-refractivity contribution in [2.45, 2.75) is 38.0 Å². The van der Waals surface area contributed by atoms with Crippen LogP contribution in [0.25, 0.3) is 16.9 Å². The molecule has 0 bridgehead atoms. The molecule has 0 spiro atoms. The van der Waals surface area contributed by atoms with E-state index in [1.54, 1.807) is 6.07 Å². The summed E-state index contributed by atoms with van der Waals surface area (Å²) in [7, 11) is 0. The first kappa shape index (κ1) is 20.7. The van der Waals surface area contributed by atoms with Gasteiger partial charge >= 0.3 is 6.36 Å². The number of ether oxygens (including phenoxy) is 1. The van der Waals surface area contributed by atoms with Crippen LogP contribution < -0.4 is 10.1 Å². The van der Waals surface area contributed by atoms with Crippen LogP contribution in [0.1, 0.15) is 13.3 Å². The zero-order valence-electron chi connectivity index (χ0n) is 15.6. The molecule has 2 heterocycles. The molecule has 1 saturated carbocycles. The summed E-state index contributed by atoms with van der Waals surface area (Å²) in [5.74, 6) is -0.0542. The highest BCUT2D eigenvalue weighted by Crippen LogP contribution is 2.36. The van der Waals surface area contributed by atoms with E-state index in [0.29, 0.717) is 17.9 Å². The fraction of sp³-hybridized carbons (Fsp3) is 0.368. The molecule has 160 valence electrons. The molecule has 0 aliphatic heterocycles. The Morgan fingerprint density at radius 3 is 2.63 bits per heavy atom. The second-order valence-electron chi connectivity index (χ2n) is 7.26. The van der Waals surface area contributed by atoms with E-state index in [2.05, 4.69) is 20.1 Å². The molecule has 0 unspecified atom stereocenters. The third-order valence-corrected chi connectivity index (χ3v) is 5.34. The average Bonchev–Trinajstić information content (AvgIpc) is 3.20. The highest BCUT2D eigenvalue weighted by Gasteiger charge is 2.39. The van der Waals surface area contributed by atoms with Crippen molar-refractivity contribution >= 4 is 23.1 Å². The van der Waals surface area contributed by atoms with Crippen LogP contribution in [0, 0.1) is 5.92 Å². The van der Waals surface area contributed by atoms with E-state index in [9.17, 15) is 23.4 Å². The molecule has 30 heavy (non-hydrogen) atoms. The van der Waals surface area contributed by atoms with E-state index in [1.807, 2.05) is 6.92 Å². The van der Waals surface area contributed by atoms with Gasteiger partial charge in [0.25, 0.3) is 0 Å². The molecule has 1 aromatic carbocycles. The molecule has 1 aliphatic rings. The van der Waals surface area contributed by atoms with E-state index in [4.69, 9.17) is 11.6 Å². The van der Waals surface area contributed by atoms with E-state index in [-0.39, 0.29) is 22.2 Å². The molecule has 0 saturated heterocycles. The number of rotatable bonds is 4. The summed E-state index contributed by atoms with van der Waals surface area (Å²) in [5.41, 5.74) is 0.606. The second-order valence-corrected chi connectivity index (χ2v) is 7.70. The molecule has 0 amide bonds. The molecule has 2 aromatic heterocycles. The van der Waals surface area contributed by atoms with Gasteiger partial charge in [0.2, 0.25) is 0 Å². The van der Waals surface area contributed by atoms with Crippen LogP contribution in [-0.2, 0) is 0 Å². The molecule has 4 atom stereocenters. The lowest BCUT2D eigenvalue weighted by Gasteiger charge is -2.19. The first-order chi connectivity index (χ1) is 14.1. The first-order valence-electron chi connectivity index (χ1n) is 9.15. The fourth-order valence-electron chi connectivity index (χ4n) is 3.64. The summed E-state index contributed by atoms with van der Waals surface area (Å²) in [6, 6.07) is 6.46. The Hall–Kier alpha value is -2.56. The van der Waals surface area contributed by atoms with Gasteiger partial charge in [0.05, 0.1) is 17.8 Å². The lowest BCUT2D eigenvalue weighted by molar-refractivity contribution is -0.274. The number of aliphatic hydroxyl groups excluding tert-OH is 2. The predicted octanol–water partition coefficient (Wildman–Crippen LogP) is 3.49. The quantitative estimate of drug-likeness (QED) is 0.573. The summed E-state index contributed by atoms with van der Waals surface area (Å²) in [6.45, 7) is 1.84. The average molecular weight is 443 g/mol. The van der Waals surface area contributed by atoms with Crippen LogP contribution in [-0.4, -0.2) is 49.4 Å². The monoisotopic (exact) mass is 442 g/mol. The third kappa shape index (κ3) is 4.03. The summed E-state index contributed by atoms with van der Waals surface area (Å²) in [5, 5.41) is 27.9. The Kier molecular flexibility index (Phi) is 5.25. The van der Waals surface area contributed by atoms with Crippen molar-refractivity contribution in [3.05, 3.63) is 41.6 Å². The number of benzene rings is 1. The van der Waals surface area contributed by atoms with Gasteiger partial charge in [-0.15, -0.1) is 13.2 Å². The number of anilines is 1. The molecule has 4 rings (SSSR count). The van der Waals surface area contributed by atoms with Crippen molar-refractivity contribution in [3.63, 3.8) is 0 Å². The maximum absolute atomic E-state index is 12.8. The number of nitrogens with one attached hydrogen (secondary N) is 1. The summed E-state index contributed by atoms with van der Waals surface area (Å²) < 4.78 is 43.9. The minimum Gasteiger partial charge on any atom is -0.405 e. The van der Waals surface area contributed by atoms with Crippen LogP contribution >= 0.6 is 11.6 Å². The number of fused-ring (bicyclic) bond motifs is 1. The number of nitrogens with zero attached hydrogens (tertiary/aromatic N) is 3. The molecule has 3 aromatic rings. The van der Waals surface area contributed by atoms with Gasteiger partial charge in [0.1, 0.15) is 17.7 Å². The molecule has 11 heteroatoms. The van der Waals surface area contributed by atoms with Crippen LogP contribution in [0.5, 0.6) is 5.75 Å². The Bertz CT molecular complexity index is 1070. The summed E-state index contributed by atoms with van der Waals surface area (Å²) >= 11 is 5.97. The normalized spacial score (nSPS) is 24.4. The lowest BCUT2D eigenvalue weighted by atomic mass is 10.1. The lowest BCUT2D eigenvalue weighted by Crippen LogP contribution is -2.35. The molecule has 0 radical (unpaired) electrons. The topological polar surface area (TPSA) is 91.9 Å². The molecule has 3 N–H and O–H groups in total. The van der Waals surface area contributed by atoms with Gasteiger partial charge in [-0.1, -0.05) is 18.5 Å². The Labute approximate surface area is 174 Å². The zero-order chi connectivity index (χ0) is 21.6. The van der Waals surface area contributed by atoms with Gasteiger partial charge < -0.3 is 20.3 Å².